The molecule has 0 heterocycles. The lowest BCUT2D eigenvalue weighted by Crippen LogP contribution is -2.13. The van der Waals surface area contributed by atoms with Crippen LogP contribution in [0, 0.1) is 17.0 Å². The van der Waals surface area contributed by atoms with Gasteiger partial charge in [0.05, 0.1) is 11.8 Å². The fourth-order valence-electron chi connectivity index (χ4n) is 1.01. The van der Waals surface area contributed by atoms with Crippen LogP contribution in [0.1, 0.15) is 13.8 Å². The smallest absolute Gasteiger partial charge is 0.461 e. The van der Waals surface area contributed by atoms with Crippen molar-refractivity contribution in [2.45, 2.75) is 20.0 Å². The second kappa shape index (κ2) is 4.15. The molecule has 74 valence electrons. The number of nitrogens with zero attached hydrogens (tertiary/aromatic N) is 1. The Hall–Kier alpha value is -1.48. The predicted molar refractivity (Wildman–Crippen MR) is 53.8 cm³/mol. The van der Waals surface area contributed by atoms with E-state index in [1.165, 1.54) is 18.2 Å². The third-order valence-electron chi connectivity index (χ3n) is 1.57. The highest BCUT2D eigenvalue weighted by Gasteiger charge is 2.27. The van der Waals surface area contributed by atoms with Crippen LogP contribution in [-0.2, 0) is 4.42 Å². The molecule has 0 radical (unpaired) electrons. The molecule has 0 bridgehead atoms. The Morgan fingerprint density at radius 3 is 2.43 bits per heavy atom. The minimum atomic E-state index is -0.491. The van der Waals surface area contributed by atoms with Crippen molar-refractivity contribution in [3.8, 4) is 0 Å². The van der Waals surface area contributed by atoms with Crippen LogP contribution in [0.2, 0.25) is 0 Å². The van der Waals surface area contributed by atoms with Crippen LogP contribution in [0.25, 0.3) is 0 Å². The van der Waals surface area contributed by atoms with Gasteiger partial charge in [0.25, 0.3) is 11.7 Å². The molecule has 1 rings (SSSR count). The lowest BCUT2D eigenvalue weighted by molar-refractivity contribution is -0.492. The molecule has 0 saturated heterocycles. The largest absolute Gasteiger partial charge is 0.768 e. The van der Waals surface area contributed by atoms with E-state index >= 15 is 0 Å². The Balaban J connectivity index is 2.87. The summed E-state index contributed by atoms with van der Waals surface area (Å²) in [6, 6.07) is 0. The number of carbonyl (C=O) groups excluding carboxylic acids is 1. The van der Waals surface area contributed by atoms with E-state index in [1.807, 2.05) is 13.8 Å². The highest BCUT2D eigenvalue weighted by Crippen LogP contribution is 2.14. The molecular formula is C10H11NO3. The van der Waals surface area contributed by atoms with Gasteiger partial charge in [-0.3, -0.25) is 0 Å². The van der Waals surface area contributed by atoms with Crippen LogP contribution in [0.3, 0.4) is 0 Å². The van der Waals surface area contributed by atoms with Gasteiger partial charge in [0, 0.05) is 20.4 Å². The molecule has 0 aliphatic heterocycles. The van der Waals surface area contributed by atoms with Gasteiger partial charge in [-0.1, -0.05) is 0 Å². The lowest BCUT2D eigenvalue weighted by Gasteiger charge is -2.36. The maximum absolute atomic E-state index is 10.4. The average molecular weight is 193 g/mol. The first-order chi connectivity index (χ1) is 6.50. The SMILES string of the molecule is [CH+]=C1C=C(N([O-])[O-])C=CC1=[O+]C(C)C. The van der Waals surface area contributed by atoms with Gasteiger partial charge in [0.2, 0.25) is 0 Å². The molecule has 0 saturated carbocycles. The quantitative estimate of drug-likeness (QED) is 0.289. The van der Waals surface area contributed by atoms with E-state index in [-0.39, 0.29) is 17.4 Å². The van der Waals surface area contributed by atoms with Gasteiger partial charge >= 0.3 is 5.78 Å². The number of rotatable bonds is 2. The van der Waals surface area contributed by atoms with E-state index in [9.17, 15) is 10.4 Å². The minimum absolute atomic E-state index is 0.00115. The van der Waals surface area contributed by atoms with E-state index < -0.39 is 5.23 Å². The number of hydroxylamine groups is 2. The Kier molecular flexibility index (Phi) is 3.14. The summed E-state index contributed by atoms with van der Waals surface area (Å²) < 4.78 is 5.33. The van der Waals surface area contributed by atoms with E-state index in [1.54, 1.807) is 0 Å². The van der Waals surface area contributed by atoms with Gasteiger partial charge in [-0.05, 0) is 6.08 Å². The minimum Gasteiger partial charge on any atom is -0.768 e. The van der Waals surface area contributed by atoms with Crippen LogP contribution in [-0.4, -0.2) is 17.1 Å². The van der Waals surface area contributed by atoms with Gasteiger partial charge in [0.15, 0.2) is 0 Å². The van der Waals surface area contributed by atoms with E-state index in [0.717, 1.165) is 0 Å². The van der Waals surface area contributed by atoms with Crippen molar-refractivity contribution in [1.82, 2.24) is 5.23 Å². The molecule has 0 aromatic carbocycles. The first kappa shape index (κ1) is 10.6. The van der Waals surface area contributed by atoms with Crippen LogP contribution in [0.4, 0.5) is 0 Å². The highest BCUT2D eigenvalue weighted by molar-refractivity contribution is 6.07. The van der Waals surface area contributed by atoms with Crippen molar-refractivity contribution >= 4 is 5.78 Å². The Labute approximate surface area is 82.7 Å². The zero-order chi connectivity index (χ0) is 10.7. The predicted octanol–water partition coefficient (Wildman–Crippen LogP) is 1.61. The Morgan fingerprint density at radius 1 is 1.36 bits per heavy atom. The number of allylic oxidation sites excluding steroid dienone is 4. The summed E-state index contributed by atoms with van der Waals surface area (Å²) in [7, 11) is 0. The molecule has 0 atom stereocenters. The van der Waals surface area contributed by atoms with Crippen molar-refractivity contribution in [2.24, 2.45) is 0 Å². The normalized spacial score (nSPS) is 19.0. The maximum Gasteiger partial charge on any atom is 0.461 e. The average Bonchev–Trinajstić information content (AvgIpc) is 2.07. The summed E-state index contributed by atoms with van der Waals surface area (Å²) in [5.74, 6) is 0.477. The van der Waals surface area contributed by atoms with Gasteiger partial charge in [-0.2, -0.15) is 4.42 Å². The van der Waals surface area contributed by atoms with Gasteiger partial charge in [-0.15, -0.1) is 0 Å². The van der Waals surface area contributed by atoms with Crippen molar-refractivity contribution in [3.05, 3.63) is 46.5 Å². The third-order valence-corrected chi connectivity index (χ3v) is 1.57. The number of ketones is 1. The number of hydrogen-bond acceptors (Lipinski definition) is 3. The zero-order valence-electron chi connectivity index (χ0n) is 8.06. The molecule has 0 spiro atoms. The van der Waals surface area contributed by atoms with Crippen LogP contribution in [0.15, 0.2) is 29.5 Å². The highest BCUT2D eigenvalue weighted by atomic mass is 16.8. The summed E-state index contributed by atoms with van der Waals surface area (Å²) in [5.41, 5.74) is 0.256. The van der Waals surface area contributed by atoms with Gasteiger partial charge in [0.1, 0.15) is 6.08 Å². The summed E-state index contributed by atoms with van der Waals surface area (Å²) in [5, 5.41) is 20.3. The molecular weight excluding hydrogens is 182 g/mol. The fraction of sp³-hybridized carbons (Fsp3) is 0.300. The molecule has 0 amide bonds. The topological polar surface area (TPSA) is 60.7 Å². The van der Waals surface area contributed by atoms with Crippen molar-refractivity contribution < 1.29 is 4.42 Å². The summed E-state index contributed by atoms with van der Waals surface area (Å²) in [6.45, 7) is 9.30. The maximum atomic E-state index is 10.4. The second-order valence-electron chi connectivity index (χ2n) is 3.15. The second-order valence-corrected chi connectivity index (χ2v) is 3.15. The van der Waals surface area contributed by atoms with Crippen molar-refractivity contribution in [1.29, 1.82) is 0 Å². The molecule has 0 aromatic rings. The molecule has 1 aliphatic carbocycles. The molecule has 0 unspecified atom stereocenters. The van der Waals surface area contributed by atoms with Gasteiger partial charge in [-0.25, -0.2) is 0 Å². The monoisotopic (exact) mass is 193 g/mol. The first-order valence-electron chi connectivity index (χ1n) is 4.21. The van der Waals surface area contributed by atoms with Crippen LogP contribution < -0.4 is 0 Å². The van der Waals surface area contributed by atoms with E-state index in [2.05, 4.69) is 0 Å². The third kappa shape index (κ3) is 2.50. The van der Waals surface area contributed by atoms with E-state index in [0.29, 0.717) is 5.78 Å². The van der Waals surface area contributed by atoms with Crippen molar-refractivity contribution in [3.63, 3.8) is 0 Å². The van der Waals surface area contributed by atoms with Crippen molar-refractivity contribution in [2.75, 3.05) is 0 Å². The molecule has 0 N–H and O–H groups in total. The molecule has 14 heavy (non-hydrogen) atoms. The van der Waals surface area contributed by atoms with Gasteiger partial charge < -0.3 is 15.6 Å². The molecule has 1 aliphatic rings. The van der Waals surface area contributed by atoms with Crippen LogP contribution in [0.5, 0.6) is 0 Å². The summed E-state index contributed by atoms with van der Waals surface area (Å²) >= 11 is 0. The molecule has 4 nitrogen and oxygen atoms in total. The van der Waals surface area contributed by atoms with Crippen LogP contribution >= 0.6 is 0 Å². The molecule has 0 aromatic heterocycles. The standard InChI is InChI=1S/C10H11NO3/c1-7(2)14-10-5-4-9(11(12)13)6-8(10)3/h3-7H,1-2H3. The Bertz CT molecular complexity index is 324. The summed E-state index contributed by atoms with van der Waals surface area (Å²) in [4.78, 5) is 0. The van der Waals surface area contributed by atoms with E-state index in [4.69, 9.17) is 11.0 Å². The molecule has 0 fully saturated rings. The summed E-state index contributed by atoms with van der Waals surface area (Å²) in [6.07, 6.45) is 4.16. The fourth-order valence-corrected chi connectivity index (χ4v) is 1.01. The lowest BCUT2D eigenvalue weighted by atomic mass is 10.1. The Morgan fingerprint density at radius 2 is 2.00 bits per heavy atom. The number of hydrogen-bond donors (Lipinski definition) is 0. The first-order valence-corrected chi connectivity index (χ1v) is 4.21. The molecule has 4 heteroatoms. The zero-order valence-corrected chi connectivity index (χ0v) is 8.06.